The standard InChI is InChI=1S/C16H12ClN5S/c1-9-7-10(14-12(17)3-2-4-18-14)8-11-13(9)21-22-15(11)20-16-19-5-6-23-16/h2-8H,1H3,(H2,19,20,21,22). The molecule has 4 rings (SSSR count). The molecule has 0 amide bonds. The predicted octanol–water partition coefficient (Wildman–Crippen LogP) is 4.79. The van der Waals surface area contributed by atoms with Gasteiger partial charge in [-0.25, -0.2) is 4.98 Å². The van der Waals surface area contributed by atoms with E-state index in [1.54, 1.807) is 12.4 Å². The van der Waals surface area contributed by atoms with Gasteiger partial charge in [-0.05, 0) is 36.8 Å². The maximum Gasteiger partial charge on any atom is 0.188 e. The van der Waals surface area contributed by atoms with Crippen molar-refractivity contribution in [3.05, 3.63) is 52.6 Å². The molecule has 0 radical (unpaired) electrons. The molecule has 4 aromatic rings. The first kappa shape index (κ1) is 14.2. The summed E-state index contributed by atoms with van der Waals surface area (Å²) in [5, 5.41) is 15.0. The normalized spacial score (nSPS) is 11.0. The van der Waals surface area contributed by atoms with E-state index in [1.165, 1.54) is 11.3 Å². The molecule has 0 fully saturated rings. The highest BCUT2D eigenvalue weighted by Crippen LogP contribution is 2.33. The Kier molecular flexibility index (Phi) is 3.48. The summed E-state index contributed by atoms with van der Waals surface area (Å²) in [4.78, 5) is 8.63. The fourth-order valence-corrected chi connectivity index (χ4v) is 3.27. The average Bonchev–Trinajstić information content (AvgIpc) is 3.19. The number of fused-ring (bicyclic) bond motifs is 1. The molecule has 1 aromatic carbocycles. The van der Waals surface area contributed by atoms with Crippen LogP contribution in [0.2, 0.25) is 5.02 Å². The minimum absolute atomic E-state index is 0.629. The van der Waals surface area contributed by atoms with Crippen LogP contribution in [-0.2, 0) is 0 Å². The molecule has 0 spiro atoms. The third-order valence-corrected chi connectivity index (χ3v) is 4.55. The Labute approximate surface area is 141 Å². The van der Waals surface area contributed by atoms with Gasteiger partial charge < -0.3 is 5.32 Å². The first-order valence-corrected chi connectivity index (χ1v) is 8.24. The van der Waals surface area contributed by atoms with E-state index in [2.05, 4.69) is 31.5 Å². The first-order chi connectivity index (χ1) is 11.2. The maximum absolute atomic E-state index is 6.28. The van der Waals surface area contributed by atoms with Gasteiger partial charge >= 0.3 is 0 Å². The van der Waals surface area contributed by atoms with Crippen molar-refractivity contribution in [1.29, 1.82) is 0 Å². The predicted molar refractivity (Wildman–Crippen MR) is 94.5 cm³/mol. The summed E-state index contributed by atoms with van der Waals surface area (Å²) in [7, 11) is 0. The lowest BCUT2D eigenvalue weighted by Gasteiger charge is -2.06. The van der Waals surface area contributed by atoms with E-state index >= 15 is 0 Å². The zero-order valence-corrected chi connectivity index (χ0v) is 13.7. The van der Waals surface area contributed by atoms with Crippen molar-refractivity contribution in [1.82, 2.24) is 20.2 Å². The molecular formula is C16H12ClN5S. The summed E-state index contributed by atoms with van der Waals surface area (Å²) in [6.07, 6.45) is 3.50. The van der Waals surface area contributed by atoms with Crippen LogP contribution in [0, 0.1) is 6.92 Å². The van der Waals surface area contributed by atoms with E-state index in [1.807, 2.05) is 30.5 Å². The van der Waals surface area contributed by atoms with Gasteiger partial charge in [0.2, 0.25) is 0 Å². The van der Waals surface area contributed by atoms with E-state index in [0.29, 0.717) is 5.02 Å². The van der Waals surface area contributed by atoms with Gasteiger partial charge in [0.1, 0.15) is 0 Å². The molecule has 7 heteroatoms. The highest BCUT2D eigenvalue weighted by Gasteiger charge is 2.13. The SMILES string of the molecule is Cc1cc(-c2ncccc2Cl)cc2c(Nc3nccs3)n[nH]c12. The van der Waals surface area contributed by atoms with Crippen LogP contribution in [0.3, 0.4) is 0 Å². The van der Waals surface area contributed by atoms with E-state index < -0.39 is 0 Å². The molecule has 5 nitrogen and oxygen atoms in total. The molecule has 23 heavy (non-hydrogen) atoms. The number of anilines is 2. The Balaban J connectivity index is 1.87. The third kappa shape index (κ3) is 2.56. The number of pyridine rings is 1. The Morgan fingerprint density at radius 1 is 1.22 bits per heavy atom. The van der Waals surface area contributed by atoms with Crippen molar-refractivity contribution in [2.45, 2.75) is 6.92 Å². The number of aryl methyl sites for hydroxylation is 1. The van der Waals surface area contributed by atoms with Crippen LogP contribution in [0.4, 0.5) is 10.9 Å². The van der Waals surface area contributed by atoms with Gasteiger partial charge in [0.15, 0.2) is 10.9 Å². The Bertz CT molecular complexity index is 977. The second kappa shape index (κ2) is 5.64. The molecule has 0 unspecified atom stereocenters. The summed E-state index contributed by atoms with van der Waals surface area (Å²) in [5.74, 6) is 0.743. The number of H-pyrrole nitrogens is 1. The van der Waals surface area contributed by atoms with E-state index in [-0.39, 0.29) is 0 Å². The minimum Gasteiger partial charge on any atom is -0.314 e. The largest absolute Gasteiger partial charge is 0.314 e. The Morgan fingerprint density at radius 3 is 2.91 bits per heavy atom. The van der Waals surface area contributed by atoms with Gasteiger partial charge in [0.05, 0.1) is 16.2 Å². The highest BCUT2D eigenvalue weighted by molar-refractivity contribution is 7.13. The second-order valence-electron chi connectivity index (χ2n) is 5.08. The molecule has 0 saturated carbocycles. The van der Waals surface area contributed by atoms with Gasteiger partial charge in [-0.2, -0.15) is 5.10 Å². The Morgan fingerprint density at radius 2 is 2.13 bits per heavy atom. The minimum atomic E-state index is 0.629. The summed E-state index contributed by atoms with van der Waals surface area (Å²) in [5.41, 5.74) is 3.79. The molecule has 3 aromatic heterocycles. The monoisotopic (exact) mass is 341 g/mol. The molecule has 0 aliphatic rings. The lowest BCUT2D eigenvalue weighted by Crippen LogP contribution is -1.90. The average molecular weight is 342 g/mol. The van der Waals surface area contributed by atoms with Crippen molar-refractivity contribution in [2.75, 3.05) is 5.32 Å². The van der Waals surface area contributed by atoms with Crippen molar-refractivity contribution < 1.29 is 0 Å². The van der Waals surface area contributed by atoms with E-state index in [9.17, 15) is 0 Å². The molecule has 0 aliphatic heterocycles. The lowest BCUT2D eigenvalue weighted by atomic mass is 10.0. The number of nitrogens with zero attached hydrogens (tertiary/aromatic N) is 3. The first-order valence-electron chi connectivity index (χ1n) is 6.98. The number of halogens is 1. The topological polar surface area (TPSA) is 66.5 Å². The zero-order chi connectivity index (χ0) is 15.8. The van der Waals surface area contributed by atoms with Crippen LogP contribution in [-0.4, -0.2) is 20.2 Å². The zero-order valence-electron chi connectivity index (χ0n) is 12.2. The summed E-state index contributed by atoms with van der Waals surface area (Å²) in [6.45, 7) is 2.04. The number of hydrogen-bond acceptors (Lipinski definition) is 5. The summed E-state index contributed by atoms with van der Waals surface area (Å²) < 4.78 is 0. The van der Waals surface area contributed by atoms with E-state index in [0.717, 1.165) is 38.7 Å². The number of hydrogen-bond donors (Lipinski definition) is 2. The van der Waals surface area contributed by atoms with Crippen molar-refractivity contribution in [3.63, 3.8) is 0 Å². The number of rotatable bonds is 3. The maximum atomic E-state index is 6.28. The van der Waals surface area contributed by atoms with Crippen LogP contribution in [0.15, 0.2) is 42.0 Å². The molecule has 3 heterocycles. The third-order valence-electron chi connectivity index (χ3n) is 3.56. The van der Waals surface area contributed by atoms with Crippen molar-refractivity contribution in [3.8, 4) is 11.3 Å². The van der Waals surface area contributed by atoms with Crippen molar-refractivity contribution in [2.24, 2.45) is 0 Å². The Hall–Kier alpha value is -2.44. The van der Waals surface area contributed by atoms with E-state index in [4.69, 9.17) is 11.6 Å². The quantitative estimate of drug-likeness (QED) is 0.562. The van der Waals surface area contributed by atoms with Crippen LogP contribution in [0.25, 0.3) is 22.2 Å². The highest BCUT2D eigenvalue weighted by atomic mass is 35.5. The molecule has 2 N–H and O–H groups in total. The smallest absolute Gasteiger partial charge is 0.188 e. The number of nitrogens with one attached hydrogen (secondary N) is 2. The van der Waals surface area contributed by atoms with Gasteiger partial charge in [0, 0.05) is 28.7 Å². The molecule has 0 aliphatic carbocycles. The summed E-state index contributed by atoms with van der Waals surface area (Å²) in [6, 6.07) is 7.76. The van der Waals surface area contributed by atoms with Crippen LogP contribution < -0.4 is 5.32 Å². The fraction of sp³-hybridized carbons (Fsp3) is 0.0625. The molecular weight excluding hydrogens is 330 g/mol. The number of benzene rings is 1. The molecule has 0 saturated heterocycles. The van der Waals surface area contributed by atoms with Crippen molar-refractivity contribution >= 4 is 44.8 Å². The van der Waals surface area contributed by atoms with Gasteiger partial charge in [-0.1, -0.05) is 11.6 Å². The summed E-state index contributed by atoms with van der Waals surface area (Å²) >= 11 is 7.81. The van der Waals surface area contributed by atoms with Crippen LogP contribution in [0.5, 0.6) is 0 Å². The van der Waals surface area contributed by atoms with Crippen LogP contribution in [0.1, 0.15) is 5.56 Å². The van der Waals surface area contributed by atoms with Gasteiger partial charge in [0.25, 0.3) is 0 Å². The lowest BCUT2D eigenvalue weighted by molar-refractivity contribution is 1.11. The van der Waals surface area contributed by atoms with Gasteiger partial charge in [-0.15, -0.1) is 11.3 Å². The van der Waals surface area contributed by atoms with Crippen LogP contribution >= 0.6 is 22.9 Å². The molecule has 0 bridgehead atoms. The number of aromatic nitrogens is 4. The number of thiazole rings is 1. The second-order valence-corrected chi connectivity index (χ2v) is 6.39. The number of aromatic amines is 1. The molecule has 0 atom stereocenters. The molecule has 114 valence electrons. The fourth-order valence-electron chi connectivity index (χ4n) is 2.51. The van der Waals surface area contributed by atoms with Gasteiger partial charge in [-0.3, -0.25) is 10.1 Å².